The Balaban J connectivity index is 2.49. The minimum atomic E-state index is -4.55. The van der Waals surface area contributed by atoms with Gasteiger partial charge in [-0.25, -0.2) is 0 Å². The molecule has 2 aromatic carbocycles. The quantitative estimate of drug-likeness (QED) is 0.595. The molecule has 2 aromatic rings. The molecule has 0 fully saturated rings. The molecule has 0 aliphatic rings. The number of benzene rings is 2. The van der Waals surface area contributed by atoms with E-state index in [0.717, 1.165) is 0 Å². The lowest BCUT2D eigenvalue weighted by atomic mass is 9.96. The molecule has 0 unspecified atom stereocenters. The molecule has 0 aliphatic carbocycles. The molecule has 0 bridgehead atoms. The summed E-state index contributed by atoms with van der Waals surface area (Å²) < 4.78 is 37.9. The first kappa shape index (κ1) is 14.1. The topological polar surface area (TPSA) is 17.1 Å². The van der Waals surface area contributed by atoms with Gasteiger partial charge in [-0.1, -0.05) is 60.7 Å². The van der Waals surface area contributed by atoms with Crippen molar-refractivity contribution in [2.45, 2.75) is 6.18 Å². The summed E-state index contributed by atoms with van der Waals surface area (Å²) in [4.78, 5) is 12.3. The highest BCUT2D eigenvalue weighted by Crippen LogP contribution is 2.26. The minimum Gasteiger partial charge on any atom is -0.289 e. The molecule has 0 aliphatic heterocycles. The molecule has 0 radical (unpaired) electrons. The highest BCUT2D eigenvalue weighted by molar-refractivity contribution is 6.29. The van der Waals surface area contributed by atoms with Crippen LogP contribution in [0.3, 0.4) is 0 Å². The fourth-order valence-electron chi connectivity index (χ4n) is 1.81. The molecule has 0 N–H and O–H groups in total. The second kappa shape index (κ2) is 5.74. The van der Waals surface area contributed by atoms with Gasteiger partial charge in [-0.3, -0.25) is 4.79 Å². The molecule has 20 heavy (non-hydrogen) atoms. The largest absolute Gasteiger partial charge is 0.410 e. The van der Waals surface area contributed by atoms with Crippen molar-refractivity contribution in [2.75, 3.05) is 0 Å². The second-order valence-corrected chi connectivity index (χ2v) is 4.16. The van der Waals surface area contributed by atoms with Crippen molar-refractivity contribution in [2.24, 2.45) is 0 Å². The first-order chi connectivity index (χ1) is 9.47. The van der Waals surface area contributed by atoms with Crippen molar-refractivity contribution in [1.82, 2.24) is 0 Å². The summed E-state index contributed by atoms with van der Waals surface area (Å²) in [6, 6.07) is 15.8. The summed E-state index contributed by atoms with van der Waals surface area (Å²) in [5.41, 5.74) is 0.120. The van der Waals surface area contributed by atoms with Gasteiger partial charge in [0.2, 0.25) is 0 Å². The molecule has 102 valence electrons. The van der Waals surface area contributed by atoms with Crippen LogP contribution < -0.4 is 0 Å². The molecule has 0 saturated carbocycles. The fourth-order valence-corrected chi connectivity index (χ4v) is 1.81. The molecule has 1 nitrogen and oxygen atoms in total. The molecule has 4 heteroatoms. The van der Waals surface area contributed by atoms with Gasteiger partial charge in [0.15, 0.2) is 5.78 Å². The molecule has 0 spiro atoms. The van der Waals surface area contributed by atoms with E-state index in [0.29, 0.717) is 0 Å². The summed E-state index contributed by atoms with van der Waals surface area (Å²) in [5.74, 6) is -0.644. The van der Waals surface area contributed by atoms with Gasteiger partial charge in [-0.2, -0.15) is 13.2 Å². The number of allylic oxidation sites excluding steroid dienone is 2. The molecule has 0 aromatic heterocycles. The number of hydrogen-bond donors (Lipinski definition) is 0. The normalized spacial score (nSPS) is 12.2. The maximum Gasteiger partial charge on any atom is 0.410 e. The van der Waals surface area contributed by atoms with Crippen molar-refractivity contribution in [1.29, 1.82) is 0 Å². The zero-order valence-corrected chi connectivity index (χ0v) is 10.4. The van der Waals surface area contributed by atoms with Crippen molar-refractivity contribution in [3.05, 3.63) is 77.9 Å². The molecule has 0 heterocycles. The molecule has 0 amide bonds. The van der Waals surface area contributed by atoms with Gasteiger partial charge in [0.05, 0.1) is 0 Å². The standard InChI is InChI=1S/C16H11F3O/c17-16(18,19)11-14(12-7-3-1-4-8-12)15(20)13-9-5-2-6-10-13/h1-11H/b14-11+. The Labute approximate surface area is 114 Å². The van der Waals surface area contributed by atoms with E-state index in [1.807, 2.05) is 0 Å². The third kappa shape index (κ3) is 3.57. The predicted molar refractivity (Wildman–Crippen MR) is 71.2 cm³/mol. The number of carbonyl (C=O) groups excluding carboxylic acids is 1. The van der Waals surface area contributed by atoms with E-state index in [1.165, 1.54) is 24.3 Å². The summed E-state index contributed by atoms with van der Waals surface area (Å²) in [5, 5.41) is 0. The smallest absolute Gasteiger partial charge is 0.289 e. The average Bonchev–Trinajstić information content (AvgIpc) is 2.45. The van der Waals surface area contributed by atoms with Gasteiger partial charge in [0.25, 0.3) is 0 Å². The maximum absolute atomic E-state index is 12.6. The summed E-state index contributed by atoms with van der Waals surface area (Å²) in [7, 11) is 0. The summed E-state index contributed by atoms with van der Waals surface area (Å²) >= 11 is 0. The molecule has 2 rings (SSSR count). The lowest BCUT2D eigenvalue weighted by Crippen LogP contribution is -2.09. The Kier molecular flexibility index (Phi) is 4.03. The first-order valence-corrected chi connectivity index (χ1v) is 5.92. The van der Waals surface area contributed by atoms with Gasteiger partial charge in [-0.05, 0) is 5.56 Å². The van der Waals surface area contributed by atoms with Crippen LogP contribution in [-0.4, -0.2) is 12.0 Å². The molecular weight excluding hydrogens is 265 g/mol. The van der Waals surface area contributed by atoms with Gasteiger partial charge in [0, 0.05) is 17.2 Å². The van der Waals surface area contributed by atoms with Crippen LogP contribution in [0.15, 0.2) is 66.7 Å². The van der Waals surface area contributed by atoms with E-state index in [9.17, 15) is 18.0 Å². The van der Waals surface area contributed by atoms with Crippen LogP contribution in [0.4, 0.5) is 13.2 Å². The SMILES string of the molecule is O=C(/C(=C/C(F)(F)F)c1ccccc1)c1ccccc1. The number of hydrogen-bond acceptors (Lipinski definition) is 1. The lowest BCUT2D eigenvalue weighted by molar-refractivity contribution is -0.0793. The van der Waals surface area contributed by atoms with E-state index in [4.69, 9.17) is 0 Å². The van der Waals surface area contributed by atoms with Crippen LogP contribution in [0.1, 0.15) is 15.9 Å². The van der Waals surface area contributed by atoms with Crippen molar-refractivity contribution in [3.8, 4) is 0 Å². The number of halogens is 3. The molecular formula is C16H11F3O. The fraction of sp³-hybridized carbons (Fsp3) is 0.0625. The maximum atomic E-state index is 12.6. The average molecular weight is 276 g/mol. The Morgan fingerprint density at radius 3 is 1.70 bits per heavy atom. The predicted octanol–water partition coefficient (Wildman–Crippen LogP) is 4.52. The van der Waals surface area contributed by atoms with Crippen LogP contribution in [0.5, 0.6) is 0 Å². The Hall–Kier alpha value is -2.36. The van der Waals surface area contributed by atoms with E-state index < -0.39 is 12.0 Å². The van der Waals surface area contributed by atoms with Crippen LogP contribution in [0, 0.1) is 0 Å². The number of Topliss-reactive ketones (excluding diaryl/α,β-unsaturated/α-hetero) is 1. The van der Waals surface area contributed by atoms with Crippen molar-refractivity contribution < 1.29 is 18.0 Å². The third-order valence-corrected chi connectivity index (χ3v) is 2.67. The van der Waals surface area contributed by atoms with Crippen LogP contribution in [0.25, 0.3) is 5.57 Å². The third-order valence-electron chi connectivity index (χ3n) is 2.67. The Morgan fingerprint density at radius 2 is 1.25 bits per heavy atom. The van der Waals surface area contributed by atoms with Crippen molar-refractivity contribution >= 4 is 11.4 Å². The van der Waals surface area contributed by atoms with Crippen LogP contribution >= 0.6 is 0 Å². The Morgan fingerprint density at radius 1 is 0.800 bits per heavy atom. The van der Waals surface area contributed by atoms with Gasteiger partial charge in [0.1, 0.15) is 0 Å². The summed E-state index contributed by atoms with van der Waals surface area (Å²) in [6.07, 6.45) is -4.49. The highest BCUT2D eigenvalue weighted by atomic mass is 19.4. The highest BCUT2D eigenvalue weighted by Gasteiger charge is 2.27. The minimum absolute atomic E-state index is 0.0532. The monoisotopic (exact) mass is 276 g/mol. The molecule has 0 atom stereocenters. The van der Waals surface area contributed by atoms with E-state index in [2.05, 4.69) is 0 Å². The number of alkyl halides is 3. The van der Waals surface area contributed by atoms with Crippen LogP contribution in [0.2, 0.25) is 0 Å². The van der Waals surface area contributed by atoms with Gasteiger partial charge in [-0.15, -0.1) is 0 Å². The van der Waals surface area contributed by atoms with E-state index >= 15 is 0 Å². The zero-order chi connectivity index (χ0) is 14.6. The lowest BCUT2D eigenvalue weighted by Gasteiger charge is -2.09. The summed E-state index contributed by atoms with van der Waals surface area (Å²) in [6.45, 7) is 0. The number of carbonyl (C=O) groups is 1. The molecule has 0 saturated heterocycles. The number of rotatable bonds is 3. The van der Waals surface area contributed by atoms with Crippen LogP contribution in [-0.2, 0) is 0 Å². The zero-order valence-electron chi connectivity index (χ0n) is 10.4. The van der Waals surface area contributed by atoms with Crippen molar-refractivity contribution in [3.63, 3.8) is 0 Å². The first-order valence-electron chi connectivity index (χ1n) is 5.92. The van der Waals surface area contributed by atoms with E-state index in [1.54, 1.807) is 36.4 Å². The van der Waals surface area contributed by atoms with E-state index in [-0.39, 0.29) is 22.8 Å². The Bertz CT molecular complexity index is 613. The van der Waals surface area contributed by atoms with Gasteiger partial charge >= 0.3 is 6.18 Å². The number of ketones is 1. The van der Waals surface area contributed by atoms with Gasteiger partial charge < -0.3 is 0 Å². The second-order valence-electron chi connectivity index (χ2n) is 4.16.